The molecule has 1 amide bonds. The Morgan fingerprint density at radius 3 is 2.74 bits per heavy atom. The SMILES string of the molecule is CCC1CCNC(C(=O)NC2CC(OC)C2(C)C)C1. The molecule has 0 aromatic rings. The predicted molar refractivity (Wildman–Crippen MR) is 75.9 cm³/mol. The fourth-order valence-electron chi connectivity index (χ4n) is 3.37. The Morgan fingerprint density at radius 1 is 1.42 bits per heavy atom. The average Bonchev–Trinajstić information content (AvgIpc) is 2.42. The van der Waals surface area contributed by atoms with Gasteiger partial charge in [0, 0.05) is 18.6 Å². The fourth-order valence-corrected chi connectivity index (χ4v) is 3.37. The molecule has 2 N–H and O–H groups in total. The zero-order chi connectivity index (χ0) is 14.0. The van der Waals surface area contributed by atoms with Crippen LogP contribution < -0.4 is 10.6 Å². The Balaban J connectivity index is 1.85. The van der Waals surface area contributed by atoms with Crippen LogP contribution in [0, 0.1) is 11.3 Å². The van der Waals surface area contributed by atoms with E-state index in [0.29, 0.717) is 5.92 Å². The highest BCUT2D eigenvalue weighted by molar-refractivity contribution is 5.82. The number of hydrogen-bond donors (Lipinski definition) is 2. The van der Waals surface area contributed by atoms with Crippen molar-refractivity contribution in [2.24, 2.45) is 11.3 Å². The molecule has 1 saturated heterocycles. The minimum atomic E-state index is -0.00362. The number of methoxy groups -OCH3 is 1. The molecule has 1 heterocycles. The maximum Gasteiger partial charge on any atom is 0.237 e. The molecular formula is C15H28N2O2. The molecule has 4 unspecified atom stereocenters. The minimum Gasteiger partial charge on any atom is -0.381 e. The predicted octanol–water partition coefficient (Wildman–Crippen LogP) is 1.69. The lowest BCUT2D eigenvalue weighted by molar-refractivity contribution is -0.135. The molecule has 0 aromatic heterocycles. The highest BCUT2D eigenvalue weighted by atomic mass is 16.5. The Labute approximate surface area is 116 Å². The van der Waals surface area contributed by atoms with Gasteiger partial charge in [0.2, 0.25) is 5.91 Å². The third-order valence-electron chi connectivity index (χ3n) is 5.18. The van der Waals surface area contributed by atoms with E-state index in [-0.39, 0.29) is 29.5 Å². The molecule has 1 aliphatic carbocycles. The first kappa shape index (κ1) is 14.8. The van der Waals surface area contributed by atoms with E-state index < -0.39 is 0 Å². The van der Waals surface area contributed by atoms with Crippen LogP contribution >= 0.6 is 0 Å². The molecule has 2 fully saturated rings. The first-order valence-electron chi connectivity index (χ1n) is 7.55. The molecule has 4 atom stereocenters. The van der Waals surface area contributed by atoms with Crippen molar-refractivity contribution in [3.8, 4) is 0 Å². The summed E-state index contributed by atoms with van der Waals surface area (Å²) in [4.78, 5) is 12.3. The third kappa shape index (κ3) is 2.95. The lowest BCUT2D eigenvalue weighted by Gasteiger charge is -2.51. The van der Waals surface area contributed by atoms with E-state index in [1.807, 2.05) is 0 Å². The van der Waals surface area contributed by atoms with E-state index in [9.17, 15) is 4.79 Å². The summed E-state index contributed by atoms with van der Waals surface area (Å²) in [6, 6.07) is 0.241. The van der Waals surface area contributed by atoms with Crippen molar-refractivity contribution in [2.45, 2.75) is 64.6 Å². The molecule has 19 heavy (non-hydrogen) atoms. The van der Waals surface area contributed by atoms with E-state index >= 15 is 0 Å². The van der Waals surface area contributed by atoms with Gasteiger partial charge < -0.3 is 15.4 Å². The van der Waals surface area contributed by atoms with Crippen molar-refractivity contribution in [1.29, 1.82) is 0 Å². The van der Waals surface area contributed by atoms with E-state index in [4.69, 9.17) is 4.74 Å². The van der Waals surface area contributed by atoms with Crippen LogP contribution in [0.1, 0.15) is 46.5 Å². The number of piperidine rings is 1. The molecule has 2 aliphatic rings. The normalized spacial score (nSPS) is 37.5. The monoisotopic (exact) mass is 268 g/mol. The van der Waals surface area contributed by atoms with Gasteiger partial charge in [-0.3, -0.25) is 4.79 Å². The van der Waals surface area contributed by atoms with Crippen LogP contribution in [0.15, 0.2) is 0 Å². The molecule has 4 heteroatoms. The van der Waals surface area contributed by atoms with E-state index in [1.54, 1.807) is 7.11 Å². The molecule has 2 rings (SSSR count). The zero-order valence-electron chi connectivity index (χ0n) is 12.7. The number of ether oxygens (including phenoxy) is 1. The fraction of sp³-hybridized carbons (Fsp3) is 0.933. The van der Waals surface area contributed by atoms with E-state index in [1.165, 1.54) is 12.8 Å². The Kier molecular flexibility index (Phi) is 4.51. The second kappa shape index (κ2) is 5.80. The van der Waals surface area contributed by atoms with Gasteiger partial charge >= 0.3 is 0 Å². The molecule has 1 saturated carbocycles. The number of carbonyl (C=O) groups is 1. The van der Waals surface area contributed by atoms with E-state index in [2.05, 4.69) is 31.4 Å². The van der Waals surface area contributed by atoms with Gasteiger partial charge in [0.25, 0.3) is 0 Å². The standard InChI is InChI=1S/C15H28N2O2/c1-5-10-6-7-16-11(8-10)14(18)17-12-9-13(19-4)15(12,2)3/h10-13,16H,5-9H2,1-4H3,(H,17,18). The number of nitrogens with one attached hydrogen (secondary N) is 2. The van der Waals surface area contributed by atoms with Crippen LogP contribution in [0.5, 0.6) is 0 Å². The van der Waals surface area contributed by atoms with Crippen LogP contribution in [-0.4, -0.2) is 37.7 Å². The number of amides is 1. The summed E-state index contributed by atoms with van der Waals surface area (Å²) < 4.78 is 5.43. The number of hydrogen-bond acceptors (Lipinski definition) is 3. The molecule has 110 valence electrons. The van der Waals surface area contributed by atoms with Gasteiger partial charge in [-0.2, -0.15) is 0 Å². The Bertz CT molecular complexity index is 330. The molecular weight excluding hydrogens is 240 g/mol. The third-order valence-corrected chi connectivity index (χ3v) is 5.18. The minimum absolute atomic E-state index is 0.00362. The summed E-state index contributed by atoms with van der Waals surface area (Å²) in [5, 5.41) is 6.55. The first-order chi connectivity index (χ1) is 8.98. The number of rotatable bonds is 4. The average molecular weight is 268 g/mol. The van der Waals surface area contributed by atoms with Crippen LogP contribution in [0.3, 0.4) is 0 Å². The van der Waals surface area contributed by atoms with Gasteiger partial charge in [-0.15, -0.1) is 0 Å². The molecule has 4 nitrogen and oxygen atoms in total. The second-order valence-corrected chi connectivity index (χ2v) is 6.65. The first-order valence-corrected chi connectivity index (χ1v) is 7.55. The van der Waals surface area contributed by atoms with E-state index in [0.717, 1.165) is 19.4 Å². The van der Waals surface area contributed by atoms with Gasteiger partial charge in [0.05, 0.1) is 12.1 Å². The van der Waals surface area contributed by atoms with Gasteiger partial charge in [-0.1, -0.05) is 27.2 Å². The maximum atomic E-state index is 12.3. The number of carbonyl (C=O) groups excluding carboxylic acids is 1. The van der Waals surface area contributed by atoms with Crippen molar-refractivity contribution in [3.63, 3.8) is 0 Å². The van der Waals surface area contributed by atoms with Crippen molar-refractivity contribution in [1.82, 2.24) is 10.6 Å². The van der Waals surface area contributed by atoms with Crippen molar-refractivity contribution in [2.75, 3.05) is 13.7 Å². The second-order valence-electron chi connectivity index (χ2n) is 6.65. The molecule has 1 aliphatic heterocycles. The summed E-state index contributed by atoms with van der Waals surface area (Å²) in [5.74, 6) is 0.865. The topological polar surface area (TPSA) is 50.4 Å². The van der Waals surface area contributed by atoms with Crippen LogP contribution in [0.4, 0.5) is 0 Å². The largest absolute Gasteiger partial charge is 0.381 e. The molecule has 0 bridgehead atoms. The smallest absolute Gasteiger partial charge is 0.237 e. The van der Waals surface area contributed by atoms with Gasteiger partial charge in [-0.05, 0) is 31.7 Å². The summed E-state index contributed by atoms with van der Waals surface area (Å²) in [6.07, 6.45) is 4.54. The van der Waals surface area contributed by atoms with Crippen molar-refractivity contribution in [3.05, 3.63) is 0 Å². The Morgan fingerprint density at radius 2 is 2.16 bits per heavy atom. The zero-order valence-corrected chi connectivity index (χ0v) is 12.7. The van der Waals surface area contributed by atoms with Crippen molar-refractivity contribution < 1.29 is 9.53 Å². The Hall–Kier alpha value is -0.610. The van der Waals surface area contributed by atoms with Crippen LogP contribution in [0.2, 0.25) is 0 Å². The molecule has 0 aromatic carbocycles. The summed E-state index contributed by atoms with van der Waals surface area (Å²) in [5.41, 5.74) is 0.0449. The van der Waals surface area contributed by atoms with Crippen molar-refractivity contribution >= 4 is 5.91 Å². The van der Waals surface area contributed by atoms with Gasteiger partial charge in [0.1, 0.15) is 0 Å². The summed E-state index contributed by atoms with van der Waals surface area (Å²) in [6.45, 7) is 7.51. The van der Waals surface area contributed by atoms with Gasteiger partial charge in [0.15, 0.2) is 0 Å². The highest BCUT2D eigenvalue weighted by Gasteiger charge is 2.49. The summed E-state index contributed by atoms with van der Waals surface area (Å²) >= 11 is 0. The van der Waals surface area contributed by atoms with Crippen LogP contribution in [-0.2, 0) is 9.53 Å². The summed E-state index contributed by atoms with van der Waals surface area (Å²) in [7, 11) is 1.75. The lowest BCUT2D eigenvalue weighted by atomic mass is 9.64. The van der Waals surface area contributed by atoms with Gasteiger partial charge in [-0.25, -0.2) is 0 Å². The highest BCUT2D eigenvalue weighted by Crippen LogP contribution is 2.42. The lowest BCUT2D eigenvalue weighted by Crippen LogP contribution is -2.64. The molecule has 0 spiro atoms. The quantitative estimate of drug-likeness (QED) is 0.816. The maximum absolute atomic E-state index is 12.3. The molecule has 0 radical (unpaired) electrons. The van der Waals surface area contributed by atoms with Crippen LogP contribution in [0.25, 0.3) is 0 Å².